The van der Waals surface area contributed by atoms with Gasteiger partial charge in [-0.15, -0.1) is 0 Å². The van der Waals surface area contributed by atoms with Crippen LogP contribution in [0.4, 0.5) is 0 Å². The van der Waals surface area contributed by atoms with Crippen LogP contribution in [-0.2, 0) is 5.41 Å². The second-order valence-electron chi connectivity index (χ2n) is 14.8. The van der Waals surface area contributed by atoms with E-state index >= 15 is 0 Å². The van der Waals surface area contributed by atoms with Crippen molar-refractivity contribution in [3.05, 3.63) is 181 Å². The van der Waals surface area contributed by atoms with Crippen LogP contribution in [0.3, 0.4) is 0 Å². The highest BCUT2D eigenvalue weighted by Gasteiger charge is 2.35. The standard InChI is InChI=1S/C51H34O/c1-51(2)43-23-10-9-17-37(43)38-27-25-34(30-44(38)51)48-41-20-7-5-18-39(41)47(40-19-6-8-21-42(40)48)33-15-11-14-32(29-33)36-22-12-24-45-50(36)49-35-16-4-3-13-31(35)26-28-46(49)52-45/h3-30H,1-2H3. The van der Waals surface area contributed by atoms with E-state index in [4.69, 9.17) is 4.42 Å². The van der Waals surface area contributed by atoms with Crippen LogP contribution < -0.4 is 0 Å². The lowest BCUT2D eigenvalue weighted by molar-refractivity contribution is 0.660. The van der Waals surface area contributed by atoms with Crippen molar-refractivity contribution < 1.29 is 4.42 Å². The minimum atomic E-state index is -0.0661. The highest BCUT2D eigenvalue weighted by atomic mass is 16.3. The number of rotatable bonds is 3. The Morgan fingerprint density at radius 1 is 0.365 bits per heavy atom. The van der Waals surface area contributed by atoms with Crippen molar-refractivity contribution in [3.8, 4) is 44.5 Å². The summed E-state index contributed by atoms with van der Waals surface area (Å²) in [6.45, 7) is 4.73. The van der Waals surface area contributed by atoms with Gasteiger partial charge in [0.2, 0.25) is 0 Å². The van der Waals surface area contributed by atoms with E-state index in [2.05, 4.69) is 184 Å². The molecule has 1 heteroatoms. The van der Waals surface area contributed by atoms with Gasteiger partial charge in [-0.25, -0.2) is 0 Å². The third-order valence-corrected chi connectivity index (χ3v) is 11.7. The smallest absolute Gasteiger partial charge is 0.136 e. The molecule has 0 N–H and O–H groups in total. The zero-order valence-electron chi connectivity index (χ0n) is 29.1. The maximum Gasteiger partial charge on any atom is 0.136 e. The molecule has 9 aromatic carbocycles. The van der Waals surface area contributed by atoms with Gasteiger partial charge >= 0.3 is 0 Å². The fourth-order valence-electron chi connectivity index (χ4n) is 9.28. The Hall–Kier alpha value is -6.44. The SMILES string of the molecule is CC1(C)c2ccccc2-c2ccc(-c3c4ccccc4c(-c4cccc(-c5cccc6oc7ccc8ccccc8c7c56)c4)c4ccccc34)cc21. The summed E-state index contributed by atoms with van der Waals surface area (Å²) in [6, 6.07) is 62.4. The molecule has 1 heterocycles. The van der Waals surface area contributed by atoms with E-state index in [0.717, 1.165) is 16.6 Å². The molecule has 0 saturated heterocycles. The van der Waals surface area contributed by atoms with Crippen LogP contribution in [0.25, 0.3) is 98.8 Å². The van der Waals surface area contributed by atoms with Crippen molar-refractivity contribution in [1.29, 1.82) is 0 Å². The van der Waals surface area contributed by atoms with Crippen molar-refractivity contribution in [2.75, 3.05) is 0 Å². The second kappa shape index (κ2) is 10.8. The van der Waals surface area contributed by atoms with Gasteiger partial charge in [-0.1, -0.05) is 159 Å². The molecule has 244 valence electrons. The maximum atomic E-state index is 6.47. The van der Waals surface area contributed by atoms with Gasteiger partial charge in [-0.05, 0) is 112 Å². The Morgan fingerprint density at radius 2 is 0.923 bits per heavy atom. The Kier molecular flexibility index (Phi) is 6.08. The molecule has 0 unspecified atom stereocenters. The van der Waals surface area contributed by atoms with Crippen LogP contribution >= 0.6 is 0 Å². The van der Waals surface area contributed by atoms with E-state index in [9.17, 15) is 0 Å². The highest BCUT2D eigenvalue weighted by molar-refractivity contribution is 6.24. The molecule has 0 saturated carbocycles. The molecule has 1 nitrogen and oxygen atoms in total. The molecule has 10 aromatic rings. The van der Waals surface area contributed by atoms with Crippen LogP contribution in [0.15, 0.2) is 174 Å². The van der Waals surface area contributed by atoms with Gasteiger partial charge < -0.3 is 4.42 Å². The Labute approximate surface area is 302 Å². The Balaban J connectivity index is 1.15. The lowest BCUT2D eigenvalue weighted by atomic mass is 9.80. The average Bonchev–Trinajstić information content (AvgIpc) is 3.69. The summed E-state index contributed by atoms with van der Waals surface area (Å²) in [4.78, 5) is 0. The van der Waals surface area contributed by atoms with Crippen LogP contribution in [0.1, 0.15) is 25.0 Å². The Morgan fingerprint density at radius 3 is 1.67 bits per heavy atom. The first-order chi connectivity index (χ1) is 25.6. The molecule has 1 aliphatic rings. The fourth-order valence-corrected chi connectivity index (χ4v) is 9.28. The summed E-state index contributed by atoms with van der Waals surface area (Å²) < 4.78 is 6.47. The maximum absolute atomic E-state index is 6.47. The predicted molar refractivity (Wildman–Crippen MR) is 220 cm³/mol. The summed E-state index contributed by atoms with van der Waals surface area (Å²) in [7, 11) is 0. The van der Waals surface area contributed by atoms with Gasteiger partial charge in [0.05, 0.1) is 0 Å². The van der Waals surface area contributed by atoms with Gasteiger partial charge in [-0.3, -0.25) is 0 Å². The summed E-state index contributed by atoms with van der Waals surface area (Å²) in [5, 5.41) is 9.83. The van der Waals surface area contributed by atoms with E-state index < -0.39 is 0 Å². The quantitative estimate of drug-likeness (QED) is 0.172. The van der Waals surface area contributed by atoms with E-state index in [-0.39, 0.29) is 5.41 Å². The third kappa shape index (κ3) is 4.05. The summed E-state index contributed by atoms with van der Waals surface area (Å²) in [5.41, 5.74) is 14.6. The zero-order valence-corrected chi connectivity index (χ0v) is 29.1. The van der Waals surface area contributed by atoms with Crippen molar-refractivity contribution in [1.82, 2.24) is 0 Å². The normalized spacial score (nSPS) is 13.3. The highest BCUT2D eigenvalue weighted by Crippen LogP contribution is 2.51. The summed E-state index contributed by atoms with van der Waals surface area (Å²) in [5.74, 6) is 0. The lowest BCUT2D eigenvalue weighted by Gasteiger charge is -2.23. The number of furan rings is 1. The van der Waals surface area contributed by atoms with Crippen LogP contribution in [-0.4, -0.2) is 0 Å². The fraction of sp³-hybridized carbons (Fsp3) is 0.0588. The molecule has 0 atom stereocenters. The molecule has 52 heavy (non-hydrogen) atoms. The lowest BCUT2D eigenvalue weighted by Crippen LogP contribution is -2.14. The summed E-state index contributed by atoms with van der Waals surface area (Å²) >= 11 is 0. The van der Waals surface area contributed by atoms with Crippen molar-refractivity contribution in [3.63, 3.8) is 0 Å². The summed E-state index contributed by atoms with van der Waals surface area (Å²) in [6.07, 6.45) is 0. The van der Waals surface area contributed by atoms with E-state index in [1.54, 1.807) is 0 Å². The first kappa shape index (κ1) is 29.3. The van der Waals surface area contributed by atoms with Gasteiger partial charge in [0.25, 0.3) is 0 Å². The number of hydrogen-bond acceptors (Lipinski definition) is 1. The van der Waals surface area contributed by atoms with Crippen molar-refractivity contribution in [2.45, 2.75) is 19.3 Å². The average molecular weight is 663 g/mol. The molecular weight excluding hydrogens is 629 g/mol. The van der Waals surface area contributed by atoms with Crippen LogP contribution in [0.5, 0.6) is 0 Å². The van der Waals surface area contributed by atoms with Crippen molar-refractivity contribution in [2.24, 2.45) is 0 Å². The van der Waals surface area contributed by atoms with Gasteiger partial charge in [0, 0.05) is 16.2 Å². The molecule has 1 aromatic heterocycles. The van der Waals surface area contributed by atoms with E-state index in [1.165, 1.54) is 93.3 Å². The number of fused-ring (bicyclic) bond motifs is 10. The molecule has 0 spiro atoms. The minimum Gasteiger partial charge on any atom is -0.456 e. The van der Waals surface area contributed by atoms with Crippen LogP contribution in [0, 0.1) is 0 Å². The zero-order chi connectivity index (χ0) is 34.6. The van der Waals surface area contributed by atoms with Gasteiger partial charge in [0.1, 0.15) is 11.2 Å². The van der Waals surface area contributed by atoms with Crippen molar-refractivity contribution >= 4 is 54.3 Å². The molecule has 0 bridgehead atoms. The van der Waals surface area contributed by atoms with E-state index in [0.29, 0.717) is 0 Å². The van der Waals surface area contributed by atoms with Crippen LogP contribution in [0.2, 0.25) is 0 Å². The molecule has 11 rings (SSSR count). The molecule has 0 fully saturated rings. The molecule has 1 aliphatic carbocycles. The topological polar surface area (TPSA) is 13.1 Å². The minimum absolute atomic E-state index is 0.0661. The number of hydrogen-bond donors (Lipinski definition) is 0. The molecular formula is C51H34O. The van der Waals surface area contributed by atoms with Gasteiger partial charge in [-0.2, -0.15) is 0 Å². The predicted octanol–water partition coefficient (Wildman–Crippen LogP) is 14.4. The Bertz CT molecular complexity index is 3040. The first-order valence-electron chi connectivity index (χ1n) is 18.2. The number of benzene rings is 9. The van der Waals surface area contributed by atoms with E-state index in [1.807, 2.05) is 0 Å². The second-order valence-corrected chi connectivity index (χ2v) is 14.8. The molecule has 0 amide bonds. The third-order valence-electron chi connectivity index (χ3n) is 11.7. The first-order valence-corrected chi connectivity index (χ1v) is 18.2. The monoisotopic (exact) mass is 662 g/mol. The van der Waals surface area contributed by atoms with Gasteiger partial charge in [0.15, 0.2) is 0 Å². The molecule has 0 aliphatic heterocycles. The largest absolute Gasteiger partial charge is 0.456 e. The molecule has 0 radical (unpaired) electrons.